The summed E-state index contributed by atoms with van der Waals surface area (Å²) in [7, 11) is 1.61. The SMILES string of the molecule is COc1ccccc1NCCC(=O)Nc1ccc(C#N)cc1. The average Bonchev–Trinajstić information content (AvgIpc) is 2.56. The van der Waals surface area contributed by atoms with Gasteiger partial charge in [-0.2, -0.15) is 5.26 Å². The monoisotopic (exact) mass is 295 g/mol. The van der Waals surface area contributed by atoms with Crippen LogP contribution in [-0.2, 0) is 4.79 Å². The number of carbonyl (C=O) groups excluding carboxylic acids is 1. The predicted octanol–water partition coefficient (Wildman–Crippen LogP) is 3.01. The van der Waals surface area contributed by atoms with Gasteiger partial charge in [0, 0.05) is 18.7 Å². The fourth-order valence-corrected chi connectivity index (χ4v) is 1.95. The summed E-state index contributed by atoms with van der Waals surface area (Å²) in [5.41, 5.74) is 2.10. The maximum Gasteiger partial charge on any atom is 0.226 e. The van der Waals surface area contributed by atoms with Gasteiger partial charge in [0.1, 0.15) is 5.75 Å². The number of nitriles is 1. The smallest absolute Gasteiger partial charge is 0.226 e. The first-order valence-electron chi connectivity index (χ1n) is 6.90. The summed E-state index contributed by atoms with van der Waals surface area (Å²) >= 11 is 0. The Morgan fingerprint density at radius 3 is 2.59 bits per heavy atom. The zero-order valence-corrected chi connectivity index (χ0v) is 12.3. The first kappa shape index (κ1) is 15.4. The lowest BCUT2D eigenvalue weighted by atomic mass is 10.2. The van der Waals surface area contributed by atoms with E-state index in [4.69, 9.17) is 10.00 Å². The lowest BCUT2D eigenvalue weighted by Gasteiger charge is -2.11. The predicted molar refractivity (Wildman–Crippen MR) is 85.9 cm³/mol. The molecular formula is C17H17N3O2. The molecule has 0 bridgehead atoms. The van der Waals surface area contributed by atoms with Crippen molar-refractivity contribution in [3.8, 4) is 11.8 Å². The topological polar surface area (TPSA) is 74.2 Å². The molecule has 0 saturated heterocycles. The molecule has 0 aliphatic carbocycles. The number of nitrogens with one attached hydrogen (secondary N) is 2. The number of rotatable bonds is 6. The molecule has 1 amide bonds. The number of ether oxygens (including phenoxy) is 1. The van der Waals surface area contributed by atoms with Crippen LogP contribution in [0, 0.1) is 11.3 Å². The molecule has 2 N–H and O–H groups in total. The Hall–Kier alpha value is -3.00. The van der Waals surface area contributed by atoms with Gasteiger partial charge in [-0.1, -0.05) is 12.1 Å². The van der Waals surface area contributed by atoms with E-state index < -0.39 is 0 Å². The molecule has 5 nitrogen and oxygen atoms in total. The third kappa shape index (κ3) is 4.25. The molecule has 0 atom stereocenters. The van der Waals surface area contributed by atoms with E-state index in [1.54, 1.807) is 31.4 Å². The van der Waals surface area contributed by atoms with E-state index in [9.17, 15) is 4.79 Å². The second-order valence-corrected chi connectivity index (χ2v) is 4.61. The van der Waals surface area contributed by atoms with Crippen LogP contribution in [-0.4, -0.2) is 19.6 Å². The van der Waals surface area contributed by atoms with Gasteiger partial charge in [0.15, 0.2) is 0 Å². The minimum absolute atomic E-state index is 0.0906. The van der Waals surface area contributed by atoms with Crippen molar-refractivity contribution >= 4 is 17.3 Å². The summed E-state index contributed by atoms with van der Waals surface area (Å²) in [6.07, 6.45) is 0.331. The Bertz CT molecular complexity index is 675. The molecule has 22 heavy (non-hydrogen) atoms. The molecule has 0 heterocycles. The van der Waals surface area contributed by atoms with E-state index >= 15 is 0 Å². The van der Waals surface area contributed by atoms with Crippen LogP contribution in [0.1, 0.15) is 12.0 Å². The molecule has 0 unspecified atom stereocenters. The van der Waals surface area contributed by atoms with Crippen molar-refractivity contribution in [1.29, 1.82) is 5.26 Å². The molecule has 0 aliphatic rings. The van der Waals surface area contributed by atoms with Crippen molar-refractivity contribution in [2.24, 2.45) is 0 Å². The fraction of sp³-hybridized carbons (Fsp3) is 0.176. The average molecular weight is 295 g/mol. The summed E-state index contributed by atoms with van der Waals surface area (Å²) in [4.78, 5) is 11.9. The molecule has 0 saturated carbocycles. The van der Waals surface area contributed by atoms with Gasteiger partial charge in [-0.3, -0.25) is 4.79 Å². The number of hydrogen-bond acceptors (Lipinski definition) is 4. The Labute approximate surface area is 129 Å². The number of benzene rings is 2. The third-order valence-electron chi connectivity index (χ3n) is 3.07. The quantitative estimate of drug-likeness (QED) is 0.859. The summed E-state index contributed by atoms with van der Waals surface area (Å²) < 4.78 is 5.23. The van der Waals surface area contributed by atoms with Crippen molar-refractivity contribution in [3.63, 3.8) is 0 Å². The molecule has 2 rings (SSSR count). The molecule has 0 spiro atoms. The number of hydrogen-bond donors (Lipinski definition) is 2. The van der Waals surface area contributed by atoms with Gasteiger partial charge in [-0.25, -0.2) is 0 Å². The number of para-hydroxylation sites is 2. The molecule has 112 valence electrons. The molecule has 0 fully saturated rings. The van der Waals surface area contributed by atoms with Gasteiger partial charge in [-0.05, 0) is 36.4 Å². The Balaban J connectivity index is 1.81. The van der Waals surface area contributed by atoms with E-state index in [0.29, 0.717) is 24.2 Å². The zero-order chi connectivity index (χ0) is 15.8. The minimum Gasteiger partial charge on any atom is -0.495 e. The van der Waals surface area contributed by atoms with Crippen LogP contribution in [0.2, 0.25) is 0 Å². The summed E-state index contributed by atoms with van der Waals surface area (Å²) in [6.45, 7) is 0.502. The van der Waals surface area contributed by atoms with E-state index in [0.717, 1.165) is 11.4 Å². The molecule has 0 aromatic heterocycles. The van der Waals surface area contributed by atoms with Crippen LogP contribution < -0.4 is 15.4 Å². The second kappa shape index (κ2) is 7.70. The fourth-order valence-electron chi connectivity index (χ4n) is 1.95. The lowest BCUT2D eigenvalue weighted by molar-refractivity contribution is -0.115. The van der Waals surface area contributed by atoms with Crippen LogP contribution in [0.15, 0.2) is 48.5 Å². The Kier molecular flexibility index (Phi) is 5.38. The largest absolute Gasteiger partial charge is 0.495 e. The number of carbonyl (C=O) groups is 1. The first-order chi connectivity index (χ1) is 10.7. The van der Waals surface area contributed by atoms with Crippen LogP contribution in [0.3, 0.4) is 0 Å². The van der Waals surface area contributed by atoms with E-state index in [2.05, 4.69) is 10.6 Å². The highest BCUT2D eigenvalue weighted by atomic mass is 16.5. The number of nitrogens with zero attached hydrogens (tertiary/aromatic N) is 1. The Morgan fingerprint density at radius 1 is 1.18 bits per heavy atom. The highest BCUT2D eigenvalue weighted by Crippen LogP contribution is 2.22. The second-order valence-electron chi connectivity index (χ2n) is 4.61. The molecule has 2 aromatic rings. The van der Waals surface area contributed by atoms with Gasteiger partial charge in [-0.15, -0.1) is 0 Å². The Morgan fingerprint density at radius 2 is 1.91 bits per heavy atom. The van der Waals surface area contributed by atoms with Crippen LogP contribution in [0.25, 0.3) is 0 Å². The van der Waals surface area contributed by atoms with Gasteiger partial charge in [0.05, 0.1) is 24.4 Å². The first-order valence-corrected chi connectivity index (χ1v) is 6.90. The van der Waals surface area contributed by atoms with Crippen LogP contribution in [0.5, 0.6) is 5.75 Å². The number of anilines is 2. The van der Waals surface area contributed by atoms with Crippen molar-refractivity contribution < 1.29 is 9.53 Å². The zero-order valence-electron chi connectivity index (χ0n) is 12.3. The molecular weight excluding hydrogens is 278 g/mol. The van der Waals surface area contributed by atoms with Gasteiger partial charge in [0.2, 0.25) is 5.91 Å². The van der Waals surface area contributed by atoms with Gasteiger partial charge in [0.25, 0.3) is 0 Å². The van der Waals surface area contributed by atoms with Crippen molar-refractivity contribution in [2.45, 2.75) is 6.42 Å². The standard InChI is InChI=1S/C17H17N3O2/c1-22-16-5-3-2-4-15(16)19-11-10-17(21)20-14-8-6-13(12-18)7-9-14/h2-9,19H,10-11H2,1H3,(H,20,21). The normalized spacial score (nSPS) is 9.64. The van der Waals surface area contributed by atoms with Gasteiger partial charge < -0.3 is 15.4 Å². The molecule has 5 heteroatoms. The summed E-state index contributed by atoms with van der Waals surface area (Å²) in [6, 6.07) is 16.4. The summed E-state index contributed by atoms with van der Waals surface area (Å²) in [5.74, 6) is 0.655. The highest BCUT2D eigenvalue weighted by Gasteiger charge is 2.04. The molecule has 2 aromatic carbocycles. The third-order valence-corrected chi connectivity index (χ3v) is 3.07. The highest BCUT2D eigenvalue weighted by molar-refractivity contribution is 5.91. The molecule has 0 aliphatic heterocycles. The maximum atomic E-state index is 11.9. The van der Waals surface area contributed by atoms with Gasteiger partial charge >= 0.3 is 0 Å². The van der Waals surface area contributed by atoms with Crippen LogP contribution in [0.4, 0.5) is 11.4 Å². The summed E-state index contributed by atoms with van der Waals surface area (Å²) in [5, 5.41) is 14.7. The van der Waals surface area contributed by atoms with E-state index in [-0.39, 0.29) is 5.91 Å². The van der Waals surface area contributed by atoms with E-state index in [1.807, 2.05) is 30.3 Å². The van der Waals surface area contributed by atoms with Crippen molar-refractivity contribution in [3.05, 3.63) is 54.1 Å². The van der Waals surface area contributed by atoms with Crippen LogP contribution >= 0.6 is 0 Å². The van der Waals surface area contributed by atoms with Crippen molar-refractivity contribution in [1.82, 2.24) is 0 Å². The lowest BCUT2D eigenvalue weighted by Crippen LogP contribution is -2.16. The molecule has 0 radical (unpaired) electrons. The maximum absolute atomic E-state index is 11.9. The number of amides is 1. The number of methoxy groups -OCH3 is 1. The van der Waals surface area contributed by atoms with Crippen molar-refractivity contribution in [2.75, 3.05) is 24.3 Å². The van der Waals surface area contributed by atoms with E-state index in [1.165, 1.54) is 0 Å². The minimum atomic E-state index is -0.0906.